The number of hydrogen-bond acceptors (Lipinski definition) is 5. The van der Waals surface area contributed by atoms with Gasteiger partial charge in [-0.25, -0.2) is 4.98 Å². The Labute approximate surface area is 181 Å². The molecule has 1 N–H and O–H groups in total. The van der Waals surface area contributed by atoms with Crippen molar-refractivity contribution in [3.8, 4) is 0 Å². The van der Waals surface area contributed by atoms with Crippen molar-refractivity contribution in [2.24, 2.45) is 0 Å². The number of carbonyl (C=O) groups is 2. The fourth-order valence-corrected chi connectivity index (χ4v) is 4.03. The number of hydrogen-bond donors (Lipinski definition) is 1. The normalized spacial score (nSPS) is 14.1. The van der Waals surface area contributed by atoms with Crippen molar-refractivity contribution in [1.82, 2.24) is 24.6 Å². The summed E-state index contributed by atoms with van der Waals surface area (Å²) >= 11 is 0. The zero-order chi connectivity index (χ0) is 21.8. The van der Waals surface area contributed by atoms with Gasteiger partial charge in [0.05, 0.1) is 11.3 Å². The number of fused-ring (bicyclic) bond motifs is 1. The second-order valence-electron chi connectivity index (χ2n) is 7.79. The van der Waals surface area contributed by atoms with Crippen LogP contribution >= 0.6 is 0 Å². The Morgan fingerprint density at radius 3 is 2.55 bits per heavy atom. The van der Waals surface area contributed by atoms with Crippen LogP contribution in [-0.2, 0) is 6.42 Å². The molecule has 0 aromatic carbocycles. The van der Waals surface area contributed by atoms with Crippen LogP contribution in [0.2, 0.25) is 0 Å². The van der Waals surface area contributed by atoms with Crippen molar-refractivity contribution in [3.05, 3.63) is 59.7 Å². The molecule has 3 aromatic heterocycles. The van der Waals surface area contributed by atoms with E-state index in [0.29, 0.717) is 35.6 Å². The smallest absolute Gasteiger partial charge is 0.259 e. The summed E-state index contributed by atoms with van der Waals surface area (Å²) in [7, 11) is 1.73. The van der Waals surface area contributed by atoms with Gasteiger partial charge in [0.15, 0.2) is 0 Å². The summed E-state index contributed by atoms with van der Waals surface area (Å²) in [4.78, 5) is 38.3. The molecule has 1 fully saturated rings. The minimum absolute atomic E-state index is 0.123. The number of amides is 2. The first kappa shape index (κ1) is 21.0. The van der Waals surface area contributed by atoms with Crippen molar-refractivity contribution < 1.29 is 9.59 Å². The third-order valence-electron chi connectivity index (χ3n) is 5.72. The molecule has 1 saturated heterocycles. The number of imidazole rings is 1. The topological polar surface area (TPSA) is 82.8 Å². The van der Waals surface area contributed by atoms with Crippen LogP contribution in [0.15, 0.2) is 42.9 Å². The molecular weight excluding hydrogens is 392 g/mol. The van der Waals surface area contributed by atoms with E-state index in [1.807, 2.05) is 17.4 Å². The van der Waals surface area contributed by atoms with Gasteiger partial charge in [0.25, 0.3) is 11.8 Å². The Bertz CT molecular complexity index is 1070. The average molecular weight is 421 g/mol. The maximum absolute atomic E-state index is 13.0. The van der Waals surface area contributed by atoms with Crippen LogP contribution in [0.4, 0.5) is 5.82 Å². The number of nitrogens with zero attached hydrogens (tertiary/aromatic N) is 5. The molecule has 162 valence electrons. The van der Waals surface area contributed by atoms with E-state index in [1.165, 1.54) is 12.8 Å². The molecule has 0 aliphatic carbocycles. The summed E-state index contributed by atoms with van der Waals surface area (Å²) in [5, 5.41) is 3.01. The van der Waals surface area contributed by atoms with E-state index in [1.54, 1.807) is 48.7 Å². The van der Waals surface area contributed by atoms with Crippen LogP contribution in [-0.4, -0.2) is 64.3 Å². The summed E-state index contributed by atoms with van der Waals surface area (Å²) in [5.74, 6) is 0.396. The van der Waals surface area contributed by atoms with Gasteiger partial charge in [-0.15, -0.1) is 0 Å². The molecule has 0 unspecified atom stereocenters. The first-order chi connectivity index (χ1) is 15.1. The standard InChI is InChI=1S/C23H28N6O2/c1-3-19-22(27(2)23(31)17-8-10-24-11-9-17)29-16-18(6-7-20(29)26-19)21(30)25-12-15-28-13-4-5-14-28/h6-11,16H,3-5,12-15H2,1-2H3,(H,25,30). The molecule has 2 amide bonds. The van der Waals surface area contributed by atoms with Crippen LogP contribution in [0.25, 0.3) is 5.65 Å². The number of aromatic nitrogens is 3. The van der Waals surface area contributed by atoms with E-state index in [2.05, 4.69) is 20.2 Å². The summed E-state index contributed by atoms with van der Waals surface area (Å²) < 4.78 is 1.83. The lowest BCUT2D eigenvalue weighted by atomic mass is 10.2. The zero-order valence-corrected chi connectivity index (χ0v) is 18.0. The Kier molecular flexibility index (Phi) is 6.27. The molecule has 4 heterocycles. The third-order valence-corrected chi connectivity index (χ3v) is 5.72. The monoisotopic (exact) mass is 420 g/mol. The second-order valence-corrected chi connectivity index (χ2v) is 7.79. The number of pyridine rings is 2. The van der Waals surface area contributed by atoms with Crippen molar-refractivity contribution >= 4 is 23.3 Å². The summed E-state index contributed by atoms with van der Waals surface area (Å²) in [6.07, 6.45) is 8.10. The Morgan fingerprint density at radius 1 is 1.10 bits per heavy atom. The first-order valence-corrected chi connectivity index (χ1v) is 10.8. The summed E-state index contributed by atoms with van der Waals surface area (Å²) in [5.41, 5.74) is 2.59. The maximum atomic E-state index is 13.0. The molecule has 1 aliphatic heterocycles. The highest BCUT2D eigenvalue weighted by Gasteiger charge is 2.22. The van der Waals surface area contributed by atoms with Crippen LogP contribution in [0.5, 0.6) is 0 Å². The van der Waals surface area contributed by atoms with Crippen LogP contribution in [0.3, 0.4) is 0 Å². The minimum atomic E-state index is -0.153. The zero-order valence-electron chi connectivity index (χ0n) is 18.0. The Hall–Kier alpha value is -3.26. The fraction of sp³-hybridized carbons (Fsp3) is 0.391. The first-order valence-electron chi connectivity index (χ1n) is 10.8. The second kappa shape index (κ2) is 9.26. The average Bonchev–Trinajstić information content (AvgIpc) is 3.45. The highest BCUT2D eigenvalue weighted by Crippen LogP contribution is 2.24. The quantitative estimate of drug-likeness (QED) is 0.635. The van der Waals surface area contributed by atoms with Crippen molar-refractivity contribution in [2.75, 3.05) is 38.1 Å². The van der Waals surface area contributed by atoms with E-state index in [9.17, 15) is 9.59 Å². The van der Waals surface area contributed by atoms with Crippen LogP contribution < -0.4 is 10.2 Å². The lowest BCUT2D eigenvalue weighted by molar-refractivity contribution is 0.0948. The summed E-state index contributed by atoms with van der Waals surface area (Å²) in [6.45, 7) is 5.71. The molecule has 0 saturated carbocycles. The number of anilines is 1. The van der Waals surface area contributed by atoms with Gasteiger partial charge in [-0.3, -0.25) is 23.9 Å². The molecule has 31 heavy (non-hydrogen) atoms. The molecule has 1 aliphatic rings. The molecule has 0 spiro atoms. The molecule has 8 heteroatoms. The molecule has 0 atom stereocenters. The number of nitrogens with one attached hydrogen (secondary N) is 1. The number of aryl methyl sites for hydroxylation is 1. The Morgan fingerprint density at radius 2 is 1.84 bits per heavy atom. The van der Waals surface area contributed by atoms with E-state index in [4.69, 9.17) is 0 Å². The maximum Gasteiger partial charge on any atom is 0.259 e. The van der Waals surface area contributed by atoms with Crippen LogP contribution in [0, 0.1) is 0 Å². The molecule has 0 radical (unpaired) electrons. The predicted octanol–water partition coefficient (Wildman–Crippen LogP) is 2.39. The van der Waals surface area contributed by atoms with Gasteiger partial charge in [0.1, 0.15) is 11.5 Å². The van der Waals surface area contributed by atoms with Crippen molar-refractivity contribution in [3.63, 3.8) is 0 Å². The van der Waals surface area contributed by atoms with Gasteiger partial charge in [-0.05, 0) is 56.6 Å². The molecular formula is C23H28N6O2. The van der Waals surface area contributed by atoms with E-state index in [-0.39, 0.29) is 11.8 Å². The highest BCUT2D eigenvalue weighted by atomic mass is 16.2. The summed E-state index contributed by atoms with van der Waals surface area (Å²) in [6, 6.07) is 6.98. The molecule has 8 nitrogen and oxygen atoms in total. The van der Waals surface area contributed by atoms with E-state index < -0.39 is 0 Å². The van der Waals surface area contributed by atoms with Crippen molar-refractivity contribution in [2.45, 2.75) is 26.2 Å². The van der Waals surface area contributed by atoms with E-state index >= 15 is 0 Å². The largest absolute Gasteiger partial charge is 0.351 e. The number of rotatable bonds is 7. The van der Waals surface area contributed by atoms with Crippen LogP contribution in [0.1, 0.15) is 46.2 Å². The SMILES string of the molecule is CCc1nc2ccc(C(=O)NCCN3CCCC3)cn2c1N(C)C(=O)c1ccncc1. The number of carbonyl (C=O) groups excluding carboxylic acids is 2. The fourth-order valence-electron chi connectivity index (χ4n) is 4.03. The lowest BCUT2D eigenvalue weighted by Crippen LogP contribution is -2.33. The highest BCUT2D eigenvalue weighted by molar-refractivity contribution is 6.05. The molecule has 0 bridgehead atoms. The van der Waals surface area contributed by atoms with Gasteiger partial charge >= 0.3 is 0 Å². The van der Waals surface area contributed by atoms with Crippen molar-refractivity contribution in [1.29, 1.82) is 0 Å². The third kappa shape index (κ3) is 4.44. The van der Waals surface area contributed by atoms with Gasteiger partial charge in [-0.1, -0.05) is 6.92 Å². The number of likely N-dealkylation sites (tertiary alicyclic amines) is 1. The van der Waals surface area contributed by atoms with E-state index in [0.717, 1.165) is 25.3 Å². The molecule has 4 rings (SSSR count). The minimum Gasteiger partial charge on any atom is -0.351 e. The molecule has 3 aromatic rings. The van der Waals surface area contributed by atoms with Gasteiger partial charge in [0, 0.05) is 44.3 Å². The van der Waals surface area contributed by atoms with Gasteiger partial charge < -0.3 is 10.2 Å². The predicted molar refractivity (Wildman–Crippen MR) is 120 cm³/mol. The Balaban J connectivity index is 1.58. The van der Waals surface area contributed by atoms with Gasteiger partial charge in [-0.2, -0.15) is 0 Å². The van der Waals surface area contributed by atoms with Gasteiger partial charge in [0.2, 0.25) is 0 Å². The lowest BCUT2D eigenvalue weighted by Gasteiger charge is -2.18.